The Bertz CT molecular complexity index is 491. The molecule has 1 aromatic heterocycles. The molecule has 2 aliphatic carbocycles. The molecule has 2 fully saturated rings. The van der Waals surface area contributed by atoms with E-state index in [0.717, 1.165) is 11.8 Å². The second kappa shape index (κ2) is 4.79. The minimum absolute atomic E-state index is 0.150. The van der Waals surface area contributed by atoms with Crippen molar-refractivity contribution in [2.24, 2.45) is 17.8 Å². The molecule has 3 rings (SSSR count). The smallest absolute Gasteiger partial charge is 0.341 e. The number of aromatic nitrogens is 2. The van der Waals surface area contributed by atoms with Gasteiger partial charge < -0.3 is 10.4 Å². The fourth-order valence-electron chi connectivity index (χ4n) is 3.83. The summed E-state index contributed by atoms with van der Waals surface area (Å²) in [6.45, 7) is 2.14. The van der Waals surface area contributed by atoms with Gasteiger partial charge in [-0.3, -0.25) is 0 Å². The summed E-state index contributed by atoms with van der Waals surface area (Å²) in [7, 11) is 0. The van der Waals surface area contributed by atoms with Gasteiger partial charge in [-0.2, -0.15) is 0 Å². The van der Waals surface area contributed by atoms with Crippen molar-refractivity contribution >= 4 is 11.8 Å². The molecule has 1 aromatic rings. The van der Waals surface area contributed by atoms with Gasteiger partial charge >= 0.3 is 5.97 Å². The van der Waals surface area contributed by atoms with Gasteiger partial charge in [0.1, 0.15) is 17.7 Å². The molecule has 0 aromatic carbocycles. The molecule has 0 saturated heterocycles. The van der Waals surface area contributed by atoms with Crippen LogP contribution in [0.3, 0.4) is 0 Å². The topological polar surface area (TPSA) is 75.1 Å². The lowest BCUT2D eigenvalue weighted by Gasteiger charge is -2.29. The zero-order valence-corrected chi connectivity index (χ0v) is 11.0. The van der Waals surface area contributed by atoms with Crippen molar-refractivity contribution in [3.8, 4) is 0 Å². The molecule has 2 N–H and O–H groups in total. The van der Waals surface area contributed by atoms with E-state index in [4.69, 9.17) is 5.11 Å². The molecule has 5 nitrogen and oxygen atoms in total. The van der Waals surface area contributed by atoms with E-state index in [-0.39, 0.29) is 11.6 Å². The average molecular weight is 261 g/mol. The number of rotatable bonds is 4. The molecule has 4 unspecified atom stereocenters. The van der Waals surface area contributed by atoms with E-state index in [2.05, 4.69) is 22.2 Å². The lowest BCUT2D eigenvalue weighted by atomic mass is 9.84. The van der Waals surface area contributed by atoms with Crippen molar-refractivity contribution in [2.75, 3.05) is 5.32 Å². The number of carboxylic acids is 1. The lowest BCUT2D eigenvalue weighted by molar-refractivity contribution is 0.0697. The van der Waals surface area contributed by atoms with Crippen molar-refractivity contribution in [1.29, 1.82) is 0 Å². The van der Waals surface area contributed by atoms with Gasteiger partial charge in [-0.1, -0.05) is 6.42 Å². The van der Waals surface area contributed by atoms with Crippen molar-refractivity contribution in [3.63, 3.8) is 0 Å². The summed E-state index contributed by atoms with van der Waals surface area (Å²) in [4.78, 5) is 19.0. The third kappa shape index (κ3) is 2.29. The van der Waals surface area contributed by atoms with E-state index in [1.165, 1.54) is 38.2 Å². The van der Waals surface area contributed by atoms with Crippen molar-refractivity contribution < 1.29 is 9.90 Å². The standard InChI is InChI=1S/C14H19N3O2/c1-8(11-5-9-2-3-10(11)4-9)17-13-12(14(18)19)6-15-7-16-13/h6-11H,2-5H2,1H3,(H,18,19)(H,15,16,17). The SMILES string of the molecule is CC(Nc1ncncc1C(=O)O)C1CC2CCC1C2. The van der Waals surface area contributed by atoms with Crippen molar-refractivity contribution in [3.05, 3.63) is 18.1 Å². The van der Waals surface area contributed by atoms with Gasteiger partial charge in [-0.05, 0) is 43.9 Å². The van der Waals surface area contributed by atoms with Gasteiger partial charge in [0.15, 0.2) is 0 Å². The largest absolute Gasteiger partial charge is 0.477 e. The highest BCUT2D eigenvalue weighted by molar-refractivity contribution is 5.92. The summed E-state index contributed by atoms with van der Waals surface area (Å²) >= 11 is 0. The predicted octanol–water partition coefficient (Wildman–Crippen LogP) is 2.41. The Kier molecular flexibility index (Phi) is 3.12. The number of nitrogens with one attached hydrogen (secondary N) is 1. The summed E-state index contributed by atoms with van der Waals surface area (Å²) in [5.41, 5.74) is 0.150. The highest BCUT2D eigenvalue weighted by Crippen LogP contribution is 2.49. The van der Waals surface area contributed by atoms with E-state index in [1.54, 1.807) is 0 Å². The van der Waals surface area contributed by atoms with Gasteiger partial charge in [0.25, 0.3) is 0 Å². The van der Waals surface area contributed by atoms with Gasteiger partial charge in [0.2, 0.25) is 0 Å². The highest BCUT2D eigenvalue weighted by atomic mass is 16.4. The Labute approximate surface area is 112 Å². The molecule has 0 radical (unpaired) electrons. The first-order chi connectivity index (χ1) is 9.15. The van der Waals surface area contributed by atoms with Crippen LogP contribution in [0.5, 0.6) is 0 Å². The maximum Gasteiger partial charge on any atom is 0.341 e. The third-order valence-corrected chi connectivity index (χ3v) is 4.74. The monoisotopic (exact) mass is 261 g/mol. The number of aromatic carboxylic acids is 1. The van der Waals surface area contributed by atoms with E-state index in [1.807, 2.05) is 0 Å². The quantitative estimate of drug-likeness (QED) is 0.870. The van der Waals surface area contributed by atoms with Crippen LogP contribution in [0.2, 0.25) is 0 Å². The summed E-state index contributed by atoms with van der Waals surface area (Å²) < 4.78 is 0. The molecule has 5 heteroatoms. The molecule has 102 valence electrons. The van der Waals surface area contributed by atoms with Crippen LogP contribution in [-0.4, -0.2) is 27.1 Å². The first kappa shape index (κ1) is 12.4. The van der Waals surface area contributed by atoms with Crippen LogP contribution in [0, 0.1) is 17.8 Å². The van der Waals surface area contributed by atoms with E-state index < -0.39 is 5.97 Å². The lowest BCUT2D eigenvalue weighted by Crippen LogP contribution is -2.31. The average Bonchev–Trinajstić information content (AvgIpc) is 3.01. The molecule has 2 bridgehead atoms. The van der Waals surface area contributed by atoms with Crippen molar-refractivity contribution in [1.82, 2.24) is 9.97 Å². The summed E-state index contributed by atoms with van der Waals surface area (Å²) in [5, 5.41) is 12.4. The minimum Gasteiger partial charge on any atom is -0.477 e. The van der Waals surface area contributed by atoms with Gasteiger partial charge in [-0.15, -0.1) is 0 Å². The molecule has 2 aliphatic rings. The normalized spacial score (nSPS) is 30.3. The van der Waals surface area contributed by atoms with Crippen LogP contribution in [-0.2, 0) is 0 Å². The molecular formula is C14H19N3O2. The third-order valence-electron chi connectivity index (χ3n) is 4.74. The number of carboxylic acid groups (broad SMARTS) is 1. The van der Waals surface area contributed by atoms with E-state index in [9.17, 15) is 4.79 Å². The van der Waals surface area contributed by atoms with Crippen LogP contribution in [0.1, 0.15) is 43.0 Å². The molecule has 1 heterocycles. The highest BCUT2D eigenvalue weighted by Gasteiger charge is 2.42. The van der Waals surface area contributed by atoms with Crippen LogP contribution in [0.4, 0.5) is 5.82 Å². The summed E-state index contributed by atoms with van der Waals surface area (Å²) in [5.74, 6) is 1.81. The second-order valence-electron chi connectivity index (χ2n) is 5.86. The number of carbonyl (C=O) groups is 1. The van der Waals surface area contributed by atoms with Crippen LogP contribution >= 0.6 is 0 Å². The Morgan fingerprint density at radius 3 is 2.95 bits per heavy atom. The maximum absolute atomic E-state index is 11.1. The van der Waals surface area contributed by atoms with E-state index >= 15 is 0 Å². The van der Waals surface area contributed by atoms with Gasteiger partial charge in [-0.25, -0.2) is 14.8 Å². The fraction of sp³-hybridized carbons (Fsp3) is 0.643. The predicted molar refractivity (Wildman–Crippen MR) is 71.0 cm³/mol. The Balaban J connectivity index is 1.73. The van der Waals surface area contributed by atoms with Crippen molar-refractivity contribution in [2.45, 2.75) is 38.6 Å². The number of anilines is 1. The van der Waals surface area contributed by atoms with Gasteiger partial charge in [0.05, 0.1) is 0 Å². The molecule has 2 saturated carbocycles. The second-order valence-corrected chi connectivity index (χ2v) is 5.86. The molecular weight excluding hydrogens is 242 g/mol. The molecule has 4 atom stereocenters. The van der Waals surface area contributed by atoms with E-state index in [0.29, 0.717) is 11.7 Å². The Morgan fingerprint density at radius 1 is 1.47 bits per heavy atom. The van der Waals surface area contributed by atoms with Gasteiger partial charge in [0, 0.05) is 12.2 Å². The number of hydrogen-bond donors (Lipinski definition) is 2. The Hall–Kier alpha value is -1.65. The maximum atomic E-state index is 11.1. The van der Waals surface area contributed by atoms with Crippen LogP contribution < -0.4 is 5.32 Å². The fourth-order valence-corrected chi connectivity index (χ4v) is 3.83. The van der Waals surface area contributed by atoms with Crippen LogP contribution in [0.15, 0.2) is 12.5 Å². The molecule has 0 aliphatic heterocycles. The first-order valence-corrected chi connectivity index (χ1v) is 6.95. The zero-order chi connectivity index (χ0) is 13.4. The number of nitrogens with zero attached hydrogens (tertiary/aromatic N) is 2. The Morgan fingerprint density at radius 2 is 2.32 bits per heavy atom. The first-order valence-electron chi connectivity index (χ1n) is 6.95. The number of fused-ring (bicyclic) bond motifs is 2. The number of hydrogen-bond acceptors (Lipinski definition) is 4. The molecule has 19 heavy (non-hydrogen) atoms. The van der Waals surface area contributed by atoms with Crippen LogP contribution in [0.25, 0.3) is 0 Å². The zero-order valence-electron chi connectivity index (χ0n) is 11.0. The molecule has 0 spiro atoms. The summed E-state index contributed by atoms with van der Waals surface area (Å²) in [6.07, 6.45) is 8.07. The minimum atomic E-state index is -0.983. The summed E-state index contributed by atoms with van der Waals surface area (Å²) in [6, 6.07) is 0.267. The molecule has 0 amide bonds.